The molecule has 2 aromatic rings. The van der Waals surface area contributed by atoms with E-state index in [0.29, 0.717) is 19.1 Å². The Kier molecular flexibility index (Phi) is 4.04. The summed E-state index contributed by atoms with van der Waals surface area (Å²) in [6, 6.07) is 6.82. The molecule has 1 aromatic carbocycles. The van der Waals surface area contributed by atoms with Gasteiger partial charge < -0.3 is 5.32 Å². The first-order valence-corrected chi connectivity index (χ1v) is 5.99. The zero-order valence-corrected chi connectivity index (χ0v) is 10.6. The molecule has 1 heterocycles. The van der Waals surface area contributed by atoms with E-state index < -0.39 is 0 Å². The topological polar surface area (TPSA) is 42.7 Å². The number of nitrogens with zero attached hydrogens (tertiary/aromatic N) is 3. The van der Waals surface area contributed by atoms with Crippen LogP contribution in [0.15, 0.2) is 30.6 Å². The van der Waals surface area contributed by atoms with Gasteiger partial charge in [0.05, 0.1) is 13.1 Å². The van der Waals surface area contributed by atoms with Crippen molar-refractivity contribution in [2.75, 3.05) is 0 Å². The standard InChI is InChI=1S/C13H17FN4/c1-10(2)15-7-13-16-9-18(17-13)8-11-3-5-12(14)6-4-11/h3-6,9-10,15H,7-8H2,1-2H3. The van der Waals surface area contributed by atoms with Crippen LogP contribution in [0.25, 0.3) is 0 Å². The monoisotopic (exact) mass is 248 g/mol. The first-order valence-electron chi connectivity index (χ1n) is 5.99. The number of nitrogens with one attached hydrogen (secondary N) is 1. The number of hydrogen-bond acceptors (Lipinski definition) is 3. The van der Waals surface area contributed by atoms with Gasteiger partial charge in [0.2, 0.25) is 0 Å². The molecule has 0 spiro atoms. The Morgan fingerprint density at radius 2 is 2.00 bits per heavy atom. The lowest BCUT2D eigenvalue weighted by molar-refractivity contribution is 0.565. The summed E-state index contributed by atoms with van der Waals surface area (Å²) in [4.78, 5) is 4.22. The Hall–Kier alpha value is -1.75. The largest absolute Gasteiger partial charge is 0.308 e. The first kappa shape index (κ1) is 12.7. The molecule has 0 atom stereocenters. The van der Waals surface area contributed by atoms with Crippen LogP contribution in [0.5, 0.6) is 0 Å². The summed E-state index contributed by atoms with van der Waals surface area (Å²) in [6.45, 7) is 5.42. The number of benzene rings is 1. The van der Waals surface area contributed by atoms with Gasteiger partial charge in [-0.2, -0.15) is 5.10 Å². The van der Waals surface area contributed by atoms with Gasteiger partial charge >= 0.3 is 0 Å². The summed E-state index contributed by atoms with van der Waals surface area (Å²) >= 11 is 0. The lowest BCUT2D eigenvalue weighted by Gasteiger charge is -2.04. The molecule has 0 aliphatic carbocycles. The maximum absolute atomic E-state index is 12.8. The van der Waals surface area contributed by atoms with Crippen molar-refractivity contribution in [2.24, 2.45) is 0 Å². The summed E-state index contributed by atoms with van der Waals surface area (Å²) in [5, 5.41) is 7.61. The molecule has 0 saturated heterocycles. The third-order valence-corrected chi connectivity index (χ3v) is 2.51. The summed E-state index contributed by atoms with van der Waals surface area (Å²) in [5.74, 6) is 0.546. The highest BCUT2D eigenvalue weighted by molar-refractivity contribution is 5.16. The molecule has 0 amide bonds. The van der Waals surface area contributed by atoms with Crippen LogP contribution < -0.4 is 5.32 Å². The highest BCUT2D eigenvalue weighted by atomic mass is 19.1. The van der Waals surface area contributed by atoms with E-state index in [4.69, 9.17) is 0 Å². The molecule has 2 rings (SSSR count). The molecular weight excluding hydrogens is 231 g/mol. The van der Waals surface area contributed by atoms with E-state index in [1.807, 2.05) is 0 Å². The van der Waals surface area contributed by atoms with E-state index in [0.717, 1.165) is 11.4 Å². The minimum Gasteiger partial charge on any atom is -0.308 e. The smallest absolute Gasteiger partial charge is 0.164 e. The number of aromatic nitrogens is 3. The summed E-state index contributed by atoms with van der Waals surface area (Å²) in [7, 11) is 0. The predicted molar refractivity (Wildman–Crippen MR) is 67.5 cm³/mol. The summed E-state index contributed by atoms with van der Waals surface area (Å²) in [6.07, 6.45) is 1.70. The highest BCUT2D eigenvalue weighted by Crippen LogP contribution is 2.04. The van der Waals surface area contributed by atoms with Crippen molar-refractivity contribution in [3.63, 3.8) is 0 Å². The third-order valence-electron chi connectivity index (χ3n) is 2.51. The van der Waals surface area contributed by atoms with Gasteiger partial charge in [0.15, 0.2) is 5.82 Å². The van der Waals surface area contributed by atoms with Crippen LogP contribution in [0.1, 0.15) is 25.2 Å². The van der Waals surface area contributed by atoms with Crippen LogP contribution in [0.3, 0.4) is 0 Å². The first-order chi connectivity index (χ1) is 8.63. The van der Waals surface area contributed by atoms with Crippen molar-refractivity contribution in [3.8, 4) is 0 Å². The maximum atomic E-state index is 12.8. The highest BCUT2D eigenvalue weighted by Gasteiger charge is 2.02. The van der Waals surface area contributed by atoms with Gasteiger partial charge in [-0.3, -0.25) is 0 Å². The van der Waals surface area contributed by atoms with Crippen molar-refractivity contribution in [2.45, 2.75) is 33.0 Å². The fourth-order valence-electron chi connectivity index (χ4n) is 1.56. The van der Waals surface area contributed by atoms with E-state index in [-0.39, 0.29) is 5.82 Å². The molecule has 1 aromatic heterocycles. The van der Waals surface area contributed by atoms with Crippen molar-refractivity contribution in [1.29, 1.82) is 0 Å². The second-order valence-electron chi connectivity index (χ2n) is 4.52. The fourth-order valence-corrected chi connectivity index (χ4v) is 1.56. The quantitative estimate of drug-likeness (QED) is 0.879. The van der Waals surface area contributed by atoms with E-state index in [9.17, 15) is 4.39 Å². The van der Waals surface area contributed by atoms with Gasteiger partial charge in [-0.15, -0.1) is 0 Å². The van der Waals surface area contributed by atoms with Crippen LogP contribution >= 0.6 is 0 Å². The molecule has 96 valence electrons. The van der Waals surface area contributed by atoms with E-state index in [2.05, 4.69) is 29.2 Å². The van der Waals surface area contributed by atoms with Gasteiger partial charge in [-0.05, 0) is 17.7 Å². The Balaban J connectivity index is 1.95. The van der Waals surface area contributed by atoms with E-state index >= 15 is 0 Å². The van der Waals surface area contributed by atoms with Gasteiger partial charge in [0, 0.05) is 6.04 Å². The number of rotatable bonds is 5. The van der Waals surface area contributed by atoms with Crippen molar-refractivity contribution < 1.29 is 4.39 Å². The van der Waals surface area contributed by atoms with Crippen LogP contribution in [0.4, 0.5) is 4.39 Å². The molecule has 5 heteroatoms. The molecule has 0 unspecified atom stereocenters. The molecule has 0 aliphatic rings. The van der Waals surface area contributed by atoms with E-state index in [1.54, 1.807) is 23.1 Å². The SMILES string of the molecule is CC(C)NCc1ncn(Cc2ccc(F)cc2)n1. The minimum atomic E-state index is -0.223. The van der Waals surface area contributed by atoms with Gasteiger partial charge in [0.25, 0.3) is 0 Å². The Labute approximate surface area is 106 Å². The minimum absolute atomic E-state index is 0.223. The normalized spacial score (nSPS) is 11.1. The van der Waals surface area contributed by atoms with Crippen LogP contribution in [-0.4, -0.2) is 20.8 Å². The molecular formula is C13H17FN4. The molecule has 1 N–H and O–H groups in total. The molecule has 0 saturated carbocycles. The third kappa shape index (κ3) is 3.63. The van der Waals surface area contributed by atoms with Crippen molar-refractivity contribution in [1.82, 2.24) is 20.1 Å². The second kappa shape index (κ2) is 5.73. The summed E-state index contributed by atoms with van der Waals surface area (Å²) < 4.78 is 14.5. The average molecular weight is 248 g/mol. The zero-order chi connectivity index (χ0) is 13.0. The van der Waals surface area contributed by atoms with Crippen LogP contribution in [-0.2, 0) is 13.1 Å². The summed E-state index contributed by atoms with van der Waals surface area (Å²) in [5.41, 5.74) is 1.00. The lowest BCUT2D eigenvalue weighted by atomic mass is 10.2. The second-order valence-corrected chi connectivity index (χ2v) is 4.52. The van der Waals surface area contributed by atoms with Crippen LogP contribution in [0, 0.1) is 5.82 Å². The molecule has 4 nitrogen and oxygen atoms in total. The zero-order valence-electron chi connectivity index (χ0n) is 10.6. The van der Waals surface area contributed by atoms with Crippen molar-refractivity contribution >= 4 is 0 Å². The number of hydrogen-bond donors (Lipinski definition) is 1. The molecule has 0 radical (unpaired) electrons. The van der Waals surface area contributed by atoms with E-state index in [1.165, 1.54) is 12.1 Å². The lowest BCUT2D eigenvalue weighted by Crippen LogP contribution is -2.22. The molecule has 0 aliphatic heterocycles. The van der Waals surface area contributed by atoms with Gasteiger partial charge in [-0.1, -0.05) is 26.0 Å². The molecule has 0 fully saturated rings. The Morgan fingerprint density at radius 1 is 1.28 bits per heavy atom. The van der Waals surface area contributed by atoms with Gasteiger partial charge in [0.1, 0.15) is 12.1 Å². The average Bonchev–Trinajstić information content (AvgIpc) is 2.77. The molecule has 18 heavy (non-hydrogen) atoms. The van der Waals surface area contributed by atoms with Crippen molar-refractivity contribution in [3.05, 3.63) is 47.8 Å². The molecule has 0 bridgehead atoms. The fraction of sp³-hybridized carbons (Fsp3) is 0.385. The maximum Gasteiger partial charge on any atom is 0.164 e. The Bertz CT molecular complexity index is 490. The van der Waals surface area contributed by atoms with Crippen LogP contribution in [0.2, 0.25) is 0 Å². The number of halogens is 1. The predicted octanol–water partition coefficient (Wildman–Crippen LogP) is 1.96. The Morgan fingerprint density at radius 3 is 2.67 bits per heavy atom. The van der Waals surface area contributed by atoms with Gasteiger partial charge in [-0.25, -0.2) is 14.1 Å².